The second kappa shape index (κ2) is 5.01. The van der Waals surface area contributed by atoms with Crippen LogP contribution < -0.4 is 20.5 Å². The molecule has 2 aromatic carbocycles. The van der Waals surface area contributed by atoms with Gasteiger partial charge in [-0.25, -0.2) is 0 Å². The maximum absolute atomic E-state index is 12.4. The van der Waals surface area contributed by atoms with Gasteiger partial charge in [-0.1, -0.05) is 12.1 Å². The lowest BCUT2D eigenvalue weighted by Gasteiger charge is -2.12. The summed E-state index contributed by atoms with van der Waals surface area (Å²) in [6.07, 6.45) is 0. The largest absolute Gasteiger partial charge is 0.454 e. The molecule has 1 aliphatic rings. The van der Waals surface area contributed by atoms with E-state index >= 15 is 0 Å². The molecular weight excluding hydrogens is 268 g/mol. The fourth-order valence-electron chi connectivity index (χ4n) is 2.25. The van der Waals surface area contributed by atoms with Crippen LogP contribution in [0, 0.1) is 13.8 Å². The molecule has 21 heavy (non-hydrogen) atoms. The van der Waals surface area contributed by atoms with Crippen LogP contribution in [-0.2, 0) is 0 Å². The van der Waals surface area contributed by atoms with Crippen molar-refractivity contribution >= 4 is 17.3 Å². The van der Waals surface area contributed by atoms with Crippen LogP contribution in [0.1, 0.15) is 21.5 Å². The average molecular weight is 284 g/mol. The van der Waals surface area contributed by atoms with Crippen LogP contribution in [0.3, 0.4) is 0 Å². The number of aryl methyl sites for hydroxylation is 1. The second-order valence-corrected chi connectivity index (χ2v) is 4.99. The van der Waals surface area contributed by atoms with Gasteiger partial charge in [0.2, 0.25) is 6.79 Å². The number of nitrogens with two attached hydrogens (primary N) is 1. The van der Waals surface area contributed by atoms with Crippen molar-refractivity contribution < 1.29 is 14.3 Å². The lowest BCUT2D eigenvalue weighted by atomic mass is 10.0. The number of fused-ring (bicyclic) bond motifs is 1. The Balaban J connectivity index is 1.90. The van der Waals surface area contributed by atoms with Gasteiger partial charge in [-0.3, -0.25) is 4.79 Å². The first-order valence-electron chi connectivity index (χ1n) is 6.63. The number of hydrogen-bond acceptors (Lipinski definition) is 4. The zero-order chi connectivity index (χ0) is 15.0. The minimum atomic E-state index is -0.193. The summed E-state index contributed by atoms with van der Waals surface area (Å²) in [5, 5.41) is 2.82. The van der Waals surface area contributed by atoms with Crippen LogP contribution in [0.25, 0.3) is 0 Å². The van der Waals surface area contributed by atoms with Crippen LogP contribution >= 0.6 is 0 Å². The number of benzene rings is 2. The van der Waals surface area contributed by atoms with Crippen molar-refractivity contribution in [1.29, 1.82) is 0 Å². The third-order valence-corrected chi connectivity index (χ3v) is 3.64. The van der Waals surface area contributed by atoms with E-state index in [1.54, 1.807) is 18.2 Å². The predicted molar refractivity (Wildman–Crippen MR) is 80.8 cm³/mol. The van der Waals surface area contributed by atoms with Gasteiger partial charge in [0.25, 0.3) is 5.91 Å². The van der Waals surface area contributed by atoms with Crippen LogP contribution in [-0.4, -0.2) is 12.7 Å². The average Bonchev–Trinajstić information content (AvgIpc) is 2.89. The Labute approximate surface area is 122 Å². The topological polar surface area (TPSA) is 73.6 Å². The molecule has 0 saturated heterocycles. The van der Waals surface area contributed by atoms with Gasteiger partial charge in [-0.15, -0.1) is 0 Å². The Hall–Kier alpha value is -2.69. The Morgan fingerprint density at radius 3 is 2.67 bits per heavy atom. The summed E-state index contributed by atoms with van der Waals surface area (Å²) in [4.78, 5) is 12.4. The first-order valence-corrected chi connectivity index (χ1v) is 6.63. The van der Waals surface area contributed by atoms with Crippen molar-refractivity contribution in [3.8, 4) is 11.5 Å². The molecule has 0 saturated carbocycles. The second-order valence-electron chi connectivity index (χ2n) is 4.99. The fourth-order valence-corrected chi connectivity index (χ4v) is 2.25. The van der Waals surface area contributed by atoms with Gasteiger partial charge < -0.3 is 20.5 Å². The standard InChI is InChI=1S/C16H16N2O3/c1-9-4-3-5-11(10(9)2)16(19)18-13-7-15-14(6-12(13)17)20-8-21-15/h3-7H,8,17H2,1-2H3,(H,18,19). The van der Waals surface area contributed by atoms with E-state index in [1.807, 2.05) is 26.0 Å². The number of amides is 1. The first-order chi connectivity index (χ1) is 10.1. The van der Waals surface area contributed by atoms with Crippen LogP contribution in [0.15, 0.2) is 30.3 Å². The number of rotatable bonds is 2. The highest BCUT2D eigenvalue weighted by Crippen LogP contribution is 2.38. The number of hydrogen-bond donors (Lipinski definition) is 2. The molecule has 3 rings (SSSR count). The molecule has 0 atom stereocenters. The zero-order valence-corrected chi connectivity index (χ0v) is 11.9. The van der Waals surface area contributed by atoms with E-state index in [9.17, 15) is 4.79 Å². The molecule has 0 aromatic heterocycles. The van der Waals surface area contributed by atoms with Crippen molar-refractivity contribution in [1.82, 2.24) is 0 Å². The predicted octanol–water partition coefficient (Wildman–Crippen LogP) is 2.87. The molecule has 0 spiro atoms. The number of carbonyl (C=O) groups is 1. The van der Waals surface area contributed by atoms with Crippen molar-refractivity contribution in [2.24, 2.45) is 0 Å². The Morgan fingerprint density at radius 2 is 1.90 bits per heavy atom. The van der Waals surface area contributed by atoms with E-state index in [1.165, 1.54) is 0 Å². The molecule has 108 valence electrons. The maximum atomic E-state index is 12.4. The minimum Gasteiger partial charge on any atom is -0.454 e. The summed E-state index contributed by atoms with van der Waals surface area (Å²) < 4.78 is 10.5. The molecule has 1 heterocycles. The normalized spacial score (nSPS) is 12.3. The number of carbonyl (C=O) groups excluding carboxylic acids is 1. The third-order valence-electron chi connectivity index (χ3n) is 3.64. The molecule has 5 heteroatoms. The summed E-state index contributed by atoms with van der Waals surface area (Å²) in [6, 6.07) is 8.96. The fraction of sp³-hybridized carbons (Fsp3) is 0.188. The quantitative estimate of drug-likeness (QED) is 0.832. The molecule has 0 bridgehead atoms. The SMILES string of the molecule is Cc1cccc(C(=O)Nc2cc3c(cc2N)OCO3)c1C. The molecule has 1 aliphatic heterocycles. The van der Waals surface area contributed by atoms with Crippen molar-refractivity contribution in [3.63, 3.8) is 0 Å². The lowest BCUT2D eigenvalue weighted by molar-refractivity contribution is 0.102. The van der Waals surface area contributed by atoms with Crippen molar-refractivity contribution in [2.75, 3.05) is 17.8 Å². The molecule has 0 unspecified atom stereocenters. The minimum absolute atomic E-state index is 0.170. The Bertz CT molecular complexity index is 726. The van der Waals surface area contributed by atoms with E-state index in [0.717, 1.165) is 11.1 Å². The van der Waals surface area contributed by atoms with Gasteiger partial charge in [0.1, 0.15) is 0 Å². The number of ether oxygens (including phenoxy) is 2. The molecular formula is C16H16N2O3. The van der Waals surface area contributed by atoms with Gasteiger partial charge in [0.15, 0.2) is 11.5 Å². The van der Waals surface area contributed by atoms with Crippen LogP contribution in [0.4, 0.5) is 11.4 Å². The van der Waals surface area contributed by atoms with E-state index in [-0.39, 0.29) is 12.7 Å². The molecule has 0 fully saturated rings. The highest BCUT2D eigenvalue weighted by atomic mass is 16.7. The Morgan fingerprint density at radius 1 is 1.19 bits per heavy atom. The third kappa shape index (κ3) is 2.38. The smallest absolute Gasteiger partial charge is 0.255 e. The number of nitrogens with one attached hydrogen (secondary N) is 1. The summed E-state index contributed by atoms with van der Waals surface area (Å²) in [6.45, 7) is 4.07. The highest BCUT2D eigenvalue weighted by Gasteiger charge is 2.18. The summed E-state index contributed by atoms with van der Waals surface area (Å²) in [7, 11) is 0. The van der Waals surface area contributed by atoms with Gasteiger partial charge in [0.05, 0.1) is 11.4 Å². The number of nitrogen functional groups attached to an aromatic ring is 1. The molecule has 1 amide bonds. The van der Waals surface area contributed by atoms with Gasteiger partial charge in [-0.05, 0) is 31.0 Å². The summed E-state index contributed by atoms with van der Waals surface area (Å²) in [5.41, 5.74) is 9.55. The molecule has 3 N–H and O–H groups in total. The van der Waals surface area contributed by atoms with Gasteiger partial charge >= 0.3 is 0 Å². The van der Waals surface area contributed by atoms with Gasteiger partial charge in [0, 0.05) is 17.7 Å². The monoisotopic (exact) mass is 284 g/mol. The highest BCUT2D eigenvalue weighted by molar-refractivity contribution is 6.07. The maximum Gasteiger partial charge on any atom is 0.255 e. The zero-order valence-electron chi connectivity index (χ0n) is 11.9. The van der Waals surface area contributed by atoms with E-state index < -0.39 is 0 Å². The molecule has 0 aliphatic carbocycles. The van der Waals surface area contributed by atoms with Crippen LogP contribution in [0.2, 0.25) is 0 Å². The van der Waals surface area contributed by atoms with Crippen molar-refractivity contribution in [3.05, 3.63) is 47.0 Å². The molecule has 0 radical (unpaired) electrons. The summed E-state index contributed by atoms with van der Waals surface area (Å²) in [5.74, 6) is 0.986. The lowest BCUT2D eigenvalue weighted by Crippen LogP contribution is -2.15. The van der Waals surface area contributed by atoms with Crippen molar-refractivity contribution in [2.45, 2.75) is 13.8 Å². The Kier molecular flexibility index (Phi) is 3.17. The van der Waals surface area contributed by atoms with E-state index in [4.69, 9.17) is 15.2 Å². The van der Waals surface area contributed by atoms with E-state index in [2.05, 4.69) is 5.32 Å². The molecule has 2 aromatic rings. The number of anilines is 2. The summed E-state index contributed by atoms with van der Waals surface area (Å²) >= 11 is 0. The van der Waals surface area contributed by atoms with Gasteiger partial charge in [-0.2, -0.15) is 0 Å². The first kappa shape index (κ1) is 13.3. The molecule has 5 nitrogen and oxygen atoms in total. The van der Waals surface area contributed by atoms with Crippen LogP contribution in [0.5, 0.6) is 11.5 Å². The van der Waals surface area contributed by atoms with E-state index in [0.29, 0.717) is 28.4 Å².